The molecule has 1 fully saturated rings. The van der Waals surface area contributed by atoms with Crippen LogP contribution in [0, 0.1) is 5.92 Å². The lowest BCUT2D eigenvalue weighted by Gasteiger charge is -2.13. The molecule has 0 saturated carbocycles. The predicted octanol–water partition coefficient (Wildman–Crippen LogP) is 0.903. The third kappa shape index (κ3) is 4.24. The molecule has 1 N–H and O–H groups in total. The van der Waals surface area contributed by atoms with Crippen molar-refractivity contribution in [2.45, 2.75) is 25.9 Å². The molecule has 0 radical (unpaired) electrons. The van der Waals surface area contributed by atoms with Gasteiger partial charge in [-0.2, -0.15) is 0 Å². The standard InChI is InChI=1S/C9H16O4/c1-7(4-9(10)11)13-6-8-2-3-12-5-8/h7-8H,2-6H2,1H3,(H,10,11)/t7-,8?/m0/s1. The molecule has 1 aliphatic rings. The van der Waals surface area contributed by atoms with E-state index in [4.69, 9.17) is 14.6 Å². The first-order valence-electron chi connectivity index (χ1n) is 4.59. The van der Waals surface area contributed by atoms with Crippen molar-refractivity contribution in [3.63, 3.8) is 0 Å². The van der Waals surface area contributed by atoms with Crippen molar-refractivity contribution < 1.29 is 19.4 Å². The van der Waals surface area contributed by atoms with Crippen LogP contribution in [0.1, 0.15) is 19.8 Å². The van der Waals surface area contributed by atoms with E-state index < -0.39 is 5.97 Å². The van der Waals surface area contributed by atoms with Crippen LogP contribution in [-0.4, -0.2) is 37.0 Å². The van der Waals surface area contributed by atoms with Gasteiger partial charge in [0.2, 0.25) is 0 Å². The summed E-state index contributed by atoms with van der Waals surface area (Å²) in [5.74, 6) is -0.355. The van der Waals surface area contributed by atoms with Gasteiger partial charge in [-0.05, 0) is 13.3 Å². The zero-order valence-electron chi connectivity index (χ0n) is 7.86. The molecule has 0 aliphatic carbocycles. The fourth-order valence-corrected chi connectivity index (χ4v) is 1.32. The first-order chi connectivity index (χ1) is 6.18. The van der Waals surface area contributed by atoms with Gasteiger partial charge >= 0.3 is 5.97 Å². The molecule has 1 unspecified atom stereocenters. The van der Waals surface area contributed by atoms with E-state index in [0.717, 1.165) is 19.6 Å². The van der Waals surface area contributed by atoms with Crippen LogP contribution < -0.4 is 0 Å². The van der Waals surface area contributed by atoms with Crippen molar-refractivity contribution in [2.75, 3.05) is 19.8 Å². The molecule has 4 heteroatoms. The summed E-state index contributed by atoms with van der Waals surface area (Å²) in [7, 11) is 0. The van der Waals surface area contributed by atoms with Crippen LogP contribution >= 0.6 is 0 Å². The van der Waals surface area contributed by atoms with Gasteiger partial charge in [0.25, 0.3) is 0 Å². The number of carboxylic acids is 1. The highest BCUT2D eigenvalue weighted by Crippen LogP contribution is 2.13. The lowest BCUT2D eigenvalue weighted by Crippen LogP contribution is -2.18. The van der Waals surface area contributed by atoms with E-state index in [0.29, 0.717) is 12.5 Å². The highest BCUT2D eigenvalue weighted by Gasteiger charge is 2.17. The van der Waals surface area contributed by atoms with Gasteiger partial charge < -0.3 is 14.6 Å². The van der Waals surface area contributed by atoms with E-state index in [1.165, 1.54) is 0 Å². The van der Waals surface area contributed by atoms with Crippen LogP contribution in [0.5, 0.6) is 0 Å². The molecule has 0 amide bonds. The van der Waals surface area contributed by atoms with E-state index in [1.807, 2.05) is 0 Å². The van der Waals surface area contributed by atoms with Crippen molar-refractivity contribution in [2.24, 2.45) is 5.92 Å². The lowest BCUT2D eigenvalue weighted by atomic mass is 10.1. The van der Waals surface area contributed by atoms with Gasteiger partial charge in [0, 0.05) is 12.5 Å². The smallest absolute Gasteiger partial charge is 0.305 e. The minimum atomic E-state index is -0.810. The molecule has 0 aromatic heterocycles. The van der Waals surface area contributed by atoms with Crippen molar-refractivity contribution in [1.82, 2.24) is 0 Å². The van der Waals surface area contributed by atoms with E-state index >= 15 is 0 Å². The number of aliphatic carboxylic acids is 1. The Labute approximate surface area is 77.8 Å². The monoisotopic (exact) mass is 188 g/mol. The molecule has 13 heavy (non-hydrogen) atoms. The van der Waals surface area contributed by atoms with E-state index in [9.17, 15) is 4.79 Å². The van der Waals surface area contributed by atoms with Crippen LogP contribution in [-0.2, 0) is 14.3 Å². The van der Waals surface area contributed by atoms with Crippen LogP contribution in [0.25, 0.3) is 0 Å². The minimum Gasteiger partial charge on any atom is -0.481 e. The Morgan fingerprint density at radius 2 is 2.54 bits per heavy atom. The minimum absolute atomic E-state index is 0.0770. The van der Waals surface area contributed by atoms with Gasteiger partial charge in [-0.15, -0.1) is 0 Å². The maximum Gasteiger partial charge on any atom is 0.305 e. The van der Waals surface area contributed by atoms with E-state index in [2.05, 4.69) is 0 Å². The molecular formula is C9H16O4. The third-order valence-corrected chi connectivity index (χ3v) is 2.10. The lowest BCUT2D eigenvalue weighted by molar-refractivity contribution is -0.140. The molecule has 1 aliphatic heterocycles. The highest BCUT2D eigenvalue weighted by molar-refractivity contribution is 5.67. The highest BCUT2D eigenvalue weighted by atomic mass is 16.5. The number of carboxylic acid groups (broad SMARTS) is 1. The average molecular weight is 188 g/mol. The summed E-state index contributed by atoms with van der Waals surface area (Å²) in [5, 5.41) is 8.47. The molecule has 2 atom stereocenters. The Kier molecular flexibility index (Phi) is 4.18. The van der Waals surface area contributed by atoms with Crippen molar-refractivity contribution in [3.05, 3.63) is 0 Å². The first-order valence-corrected chi connectivity index (χ1v) is 4.59. The van der Waals surface area contributed by atoms with Crippen molar-refractivity contribution >= 4 is 5.97 Å². The van der Waals surface area contributed by atoms with Gasteiger partial charge in [0.15, 0.2) is 0 Å². The summed E-state index contributed by atoms with van der Waals surface area (Å²) in [6.45, 7) is 3.96. The summed E-state index contributed by atoms with van der Waals surface area (Å²) in [6, 6.07) is 0. The number of carbonyl (C=O) groups is 1. The summed E-state index contributed by atoms with van der Waals surface area (Å²) < 4.78 is 10.6. The Morgan fingerprint density at radius 3 is 3.08 bits per heavy atom. The molecule has 1 heterocycles. The molecule has 0 bridgehead atoms. The summed E-state index contributed by atoms with van der Waals surface area (Å²) in [6.07, 6.45) is 0.908. The number of hydrogen-bond donors (Lipinski definition) is 1. The van der Waals surface area contributed by atoms with Gasteiger partial charge in [-0.3, -0.25) is 4.79 Å². The number of rotatable bonds is 5. The Hall–Kier alpha value is -0.610. The summed E-state index contributed by atoms with van der Waals surface area (Å²) in [5.41, 5.74) is 0. The number of hydrogen-bond acceptors (Lipinski definition) is 3. The van der Waals surface area contributed by atoms with Gasteiger partial charge in [0.05, 0.1) is 25.7 Å². The van der Waals surface area contributed by atoms with Crippen molar-refractivity contribution in [3.8, 4) is 0 Å². The van der Waals surface area contributed by atoms with Crippen LogP contribution in [0.2, 0.25) is 0 Å². The topological polar surface area (TPSA) is 55.8 Å². The Morgan fingerprint density at radius 1 is 1.77 bits per heavy atom. The van der Waals surface area contributed by atoms with Crippen LogP contribution in [0.4, 0.5) is 0 Å². The second-order valence-corrected chi connectivity index (χ2v) is 3.47. The van der Waals surface area contributed by atoms with Gasteiger partial charge in [-0.25, -0.2) is 0 Å². The number of ether oxygens (including phenoxy) is 2. The van der Waals surface area contributed by atoms with E-state index in [1.54, 1.807) is 6.92 Å². The average Bonchev–Trinajstić information content (AvgIpc) is 2.51. The zero-order valence-corrected chi connectivity index (χ0v) is 7.86. The molecule has 4 nitrogen and oxygen atoms in total. The molecular weight excluding hydrogens is 172 g/mol. The molecule has 0 aromatic rings. The maximum absolute atomic E-state index is 10.3. The van der Waals surface area contributed by atoms with Crippen molar-refractivity contribution in [1.29, 1.82) is 0 Å². The molecule has 1 rings (SSSR count). The molecule has 1 saturated heterocycles. The SMILES string of the molecule is C[C@@H](CC(=O)O)OCC1CCOC1. The zero-order chi connectivity index (χ0) is 9.68. The van der Waals surface area contributed by atoms with Gasteiger partial charge in [0.1, 0.15) is 0 Å². The second kappa shape index (κ2) is 5.19. The Balaban J connectivity index is 2.06. The summed E-state index contributed by atoms with van der Waals surface area (Å²) >= 11 is 0. The van der Waals surface area contributed by atoms with Crippen LogP contribution in [0.15, 0.2) is 0 Å². The molecule has 0 spiro atoms. The normalized spacial score (nSPS) is 24.5. The quantitative estimate of drug-likeness (QED) is 0.696. The summed E-state index contributed by atoms with van der Waals surface area (Å²) in [4.78, 5) is 10.3. The molecule has 0 aromatic carbocycles. The predicted molar refractivity (Wildman–Crippen MR) is 46.6 cm³/mol. The van der Waals surface area contributed by atoms with E-state index in [-0.39, 0.29) is 12.5 Å². The van der Waals surface area contributed by atoms with Gasteiger partial charge in [-0.1, -0.05) is 0 Å². The second-order valence-electron chi connectivity index (χ2n) is 3.47. The fourth-order valence-electron chi connectivity index (χ4n) is 1.32. The van der Waals surface area contributed by atoms with Crippen LogP contribution in [0.3, 0.4) is 0 Å². The maximum atomic E-state index is 10.3. The molecule has 76 valence electrons. The largest absolute Gasteiger partial charge is 0.481 e. The third-order valence-electron chi connectivity index (χ3n) is 2.10. The first kappa shape index (κ1) is 10.5. The fraction of sp³-hybridized carbons (Fsp3) is 0.889. The Bertz CT molecular complexity index is 163.